The molecule has 0 radical (unpaired) electrons. The Labute approximate surface area is 111 Å². The Morgan fingerprint density at radius 2 is 2.35 bits per heavy atom. The smallest absolute Gasteiger partial charge is 0.133 e. The standard InChI is InChI=1S/C13H18BrNO2/c1-3-6-15-8-11(16)9-17-13-5-4-10(2)7-12(13)14/h3-5,7,11,15-16H,1,6,8-9H2,2H3. The van der Waals surface area contributed by atoms with Gasteiger partial charge in [0.05, 0.1) is 4.47 Å². The number of nitrogens with one attached hydrogen (secondary N) is 1. The highest BCUT2D eigenvalue weighted by molar-refractivity contribution is 9.10. The van der Waals surface area contributed by atoms with Crippen LogP contribution in [-0.2, 0) is 0 Å². The molecule has 4 heteroatoms. The van der Waals surface area contributed by atoms with E-state index >= 15 is 0 Å². The van der Waals surface area contributed by atoms with Gasteiger partial charge < -0.3 is 15.2 Å². The molecule has 3 nitrogen and oxygen atoms in total. The van der Waals surface area contributed by atoms with E-state index < -0.39 is 6.10 Å². The average Bonchev–Trinajstić information content (AvgIpc) is 2.28. The molecular formula is C13H18BrNO2. The number of rotatable bonds is 7. The Morgan fingerprint density at radius 1 is 1.59 bits per heavy atom. The summed E-state index contributed by atoms with van der Waals surface area (Å²) in [5.74, 6) is 0.748. The molecule has 0 spiro atoms. The summed E-state index contributed by atoms with van der Waals surface area (Å²) in [7, 11) is 0. The van der Waals surface area contributed by atoms with Crippen LogP contribution in [-0.4, -0.2) is 30.9 Å². The number of hydrogen-bond acceptors (Lipinski definition) is 3. The molecular weight excluding hydrogens is 282 g/mol. The minimum Gasteiger partial charge on any atom is -0.490 e. The molecule has 1 rings (SSSR count). The minimum atomic E-state index is -0.525. The van der Waals surface area contributed by atoms with Crippen LogP contribution in [0.25, 0.3) is 0 Å². The molecule has 94 valence electrons. The fraction of sp³-hybridized carbons (Fsp3) is 0.385. The zero-order chi connectivity index (χ0) is 12.7. The molecule has 1 aromatic rings. The lowest BCUT2D eigenvalue weighted by molar-refractivity contribution is 0.107. The third kappa shape index (κ3) is 5.35. The first-order chi connectivity index (χ1) is 8.13. The summed E-state index contributed by atoms with van der Waals surface area (Å²) in [6.07, 6.45) is 1.23. The van der Waals surface area contributed by atoms with Gasteiger partial charge in [-0.05, 0) is 40.5 Å². The molecule has 2 N–H and O–H groups in total. The van der Waals surface area contributed by atoms with Crippen molar-refractivity contribution < 1.29 is 9.84 Å². The third-order valence-corrected chi connectivity index (χ3v) is 2.81. The van der Waals surface area contributed by atoms with Gasteiger partial charge >= 0.3 is 0 Å². The highest BCUT2D eigenvalue weighted by Gasteiger charge is 2.06. The van der Waals surface area contributed by atoms with Crippen LogP contribution < -0.4 is 10.1 Å². The molecule has 0 aliphatic heterocycles. The predicted octanol–water partition coefficient (Wildman–Crippen LogP) is 2.27. The summed E-state index contributed by atoms with van der Waals surface area (Å²) >= 11 is 3.43. The molecule has 0 saturated heterocycles. The van der Waals surface area contributed by atoms with Crippen LogP contribution in [0.1, 0.15) is 5.56 Å². The van der Waals surface area contributed by atoms with E-state index in [-0.39, 0.29) is 6.61 Å². The lowest BCUT2D eigenvalue weighted by atomic mass is 10.2. The second-order valence-electron chi connectivity index (χ2n) is 3.85. The van der Waals surface area contributed by atoms with E-state index in [4.69, 9.17) is 4.74 Å². The van der Waals surface area contributed by atoms with E-state index in [1.165, 1.54) is 0 Å². The molecule has 0 fully saturated rings. The summed E-state index contributed by atoms with van der Waals surface area (Å²) < 4.78 is 6.43. The third-order valence-electron chi connectivity index (χ3n) is 2.19. The van der Waals surface area contributed by atoms with Gasteiger partial charge in [0.15, 0.2) is 0 Å². The van der Waals surface area contributed by atoms with Gasteiger partial charge in [-0.2, -0.15) is 0 Å². The van der Waals surface area contributed by atoms with Crippen molar-refractivity contribution in [3.63, 3.8) is 0 Å². The second-order valence-corrected chi connectivity index (χ2v) is 4.70. The van der Waals surface area contributed by atoms with Crippen molar-refractivity contribution >= 4 is 15.9 Å². The van der Waals surface area contributed by atoms with E-state index in [0.717, 1.165) is 15.8 Å². The molecule has 17 heavy (non-hydrogen) atoms. The molecule has 0 bridgehead atoms. The first-order valence-electron chi connectivity index (χ1n) is 5.52. The summed E-state index contributed by atoms with van der Waals surface area (Å²) in [4.78, 5) is 0. The van der Waals surface area contributed by atoms with Crippen molar-refractivity contribution in [3.8, 4) is 5.75 Å². The van der Waals surface area contributed by atoms with Gasteiger partial charge in [0, 0.05) is 13.1 Å². The molecule has 1 atom stereocenters. The van der Waals surface area contributed by atoms with Crippen molar-refractivity contribution in [2.24, 2.45) is 0 Å². The van der Waals surface area contributed by atoms with Gasteiger partial charge in [-0.25, -0.2) is 0 Å². The van der Waals surface area contributed by atoms with Gasteiger partial charge in [-0.1, -0.05) is 12.1 Å². The van der Waals surface area contributed by atoms with Gasteiger partial charge in [0.2, 0.25) is 0 Å². The van der Waals surface area contributed by atoms with Gasteiger partial charge in [-0.15, -0.1) is 6.58 Å². The summed E-state index contributed by atoms with van der Waals surface area (Å²) in [5.41, 5.74) is 1.16. The van der Waals surface area contributed by atoms with Crippen LogP contribution in [0.3, 0.4) is 0 Å². The highest BCUT2D eigenvalue weighted by atomic mass is 79.9. The number of ether oxygens (including phenoxy) is 1. The SMILES string of the molecule is C=CCNCC(O)COc1ccc(C)cc1Br. The Bertz CT molecular complexity index is 368. The summed E-state index contributed by atoms with van der Waals surface area (Å²) in [5, 5.41) is 12.7. The number of benzene rings is 1. The highest BCUT2D eigenvalue weighted by Crippen LogP contribution is 2.25. The van der Waals surface area contributed by atoms with Crippen LogP contribution in [0.2, 0.25) is 0 Å². The van der Waals surface area contributed by atoms with Gasteiger partial charge in [0.1, 0.15) is 18.5 Å². The van der Waals surface area contributed by atoms with E-state index in [0.29, 0.717) is 13.1 Å². The normalized spacial score (nSPS) is 12.2. The van der Waals surface area contributed by atoms with Gasteiger partial charge in [0.25, 0.3) is 0 Å². The maximum absolute atomic E-state index is 9.65. The summed E-state index contributed by atoms with van der Waals surface area (Å²) in [6.45, 7) is 7.06. The topological polar surface area (TPSA) is 41.5 Å². The van der Waals surface area contributed by atoms with E-state index in [1.54, 1.807) is 6.08 Å². The lowest BCUT2D eigenvalue weighted by Crippen LogP contribution is -2.31. The van der Waals surface area contributed by atoms with E-state index in [2.05, 4.69) is 27.8 Å². The van der Waals surface area contributed by atoms with Crippen molar-refractivity contribution in [2.75, 3.05) is 19.7 Å². The molecule has 0 aliphatic rings. The molecule has 0 amide bonds. The van der Waals surface area contributed by atoms with Crippen LogP contribution in [0, 0.1) is 6.92 Å². The van der Waals surface area contributed by atoms with E-state index in [9.17, 15) is 5.11 Å². The van der Waals surface area contributed by atoms with E-state index in [1.807, 2.05) is 25.1 Å². The zero-order valence-electron chi connectivity index (χ0n) is 9.95. The fourth-order valence-electron chi connectivity index (χ4n) is 1.32. The minimum absolute atomic E-state index is 0.270. The molecule has 0 saturated carbocycles. The Balaban J connectivity index is 2.36. The predicted molar refractivity (Wildman–Crippen MR) is 73.4 cm³/mol. The van der Waals surface area contributed by atoms with Crippen LogP contribution >= 0.6 is 15.9 Å². The fourth-order valence-corrected chi connectivity index (χ4v) is 1.93. The number of hydrogen-bond donors (Lipinski definition) is 2. The molecule has 0 aliphatic carbocycles. The number of aryl methyl sites for hydroxylation is 1. The molecule has 0 aromatic heterocycles. The molecule has 1 aromatic carbocycles. The van der Waals surface area contributed by atoms with Crippen LogP contribution in [0.15, 0.2) is 35.3 Å². The monoisotopic (exact) mass is 299 g/mol. The summed E-state index contributed by atoms with van der Waals surface area (Å²) in [6, 6.07) is 5.85. The van der Waals surface area contributed by atoms with Crippen molar-refractivity contribution in [1.29, 1.82) is 0 Å². The maximum atomic E-state index is 9.65. The first kappa shape index (κ1) is 14.2. The van der Waals surface area contributed by atoms with Crippen LogP contribution in [0.5, 0.6) is 5.75 Å². The Morgan fingerprint density at radius 3 is 3.00 bits per heavy atom. The quantitative estimate of drug-likeness (QED) is 0.599. The van der Waals surface area contributed by atoms with Crippen molar-refractivity contribution in [1.82, 2.24) is 5.32 Å². The molecule has 0 heterocycles. The number of halogens is 1. The first-order valence-corrected chi connectivity index (χ1v) is 6.31. The average molecular weight is 300 g/mol. The Kier molecular flexibility index (Phi) is 6.26. The van der Waals surface area contributed by atoms with Crippen LogP contribution in [0.4, 0.5) is 0 Å². The van der Waals surface area contributed by atoms with Gasteiger partial charge in [-0.3, -0.25) is 0 Å². The lowest BCUT2D eigenvalue weighted by Gasteiger charge is -2.13. The maximum Gasteiger partial charge on any atom is 0.133 e. The zero-order valence-corrected chi connectivity index (χ0v) is 11.5. The van der Waals surface area contributed by atoms with Crippen molar-refractivity contribution in [2.45, 2.75) is 13.0 Å². The largest absolute Gasteiger partial charge is 0.490 e. The Hall–Kier alpha value is -0.840. The second kappa shape index (κ2) is 7.48. The number of aliphatic hydroxyl groups excluding tert-OH is 1. The number of aliphatic hydroxyl groups is 1. The molecule has 1 unspecified atom stereocenters. The van der Waals surface area contributed by atoms with Crippen molar-refractivity contribution in [3.05, 3.63) is 40.9 Å².